The monoisotopic (exact) mass is 373 g/mol. The van der Waals surface area contributed by atoms with Crippen LogP contribution in [-0.2, 0) is 12.8 Å². The molecule has 4 heteroatoms. The minimum Gasteiger partial charge on any atom is -0.493 e. The Balaban J connectivity index is 0.00000338. The number of aryl methyl sites for hydroxylation is 2. The largest absolute Gasteiger partial charge is 0.493 e. The number of hydrogen-bond acceptors (Lipinski definition) is 3. The molecule has 0 bridgehead atoms. The highest BCUT2D eigenvalue weighted by Gasteiger charge is 2.07. The predicted molar refractivity (Wildman–Crippen MR) is 111 cm³/mol. The van der Waals surface area contributed by atoms with Gasteiger partial charge in [0.25, 0.3) is 0 Å². The Morgan fingerprint density at radius 1 is 1.00 bits per heavy atom. The van der Waals surface area contributed by atoms with E-state index in [2.05, 4.69) is 49.2 Å². The average molecular weight is 374 g/mol. The highest BCUT2D eigenvalue weighted by molar-refractivity contribution is 5.85. The second-order valence-corrected chi connectivity index (χ2v) is 6.25. The first kappa shape index (κ1) is 21.9. The van der Waals surface area contributed by atoms with Crippen LogP contribution in [-0.4, -0.2) is 38.8 Å². The van der Waals surface area contributed by atoms with Gasteiger partial charge in [-0.2, -0.15) is 0 Å². The molecule has 26 heavy (non-hydrogen) atoms. The molecule has 0 fully saturated rings. The van der Waals surface area contributed by atoms with E-state index in [9.17, 15) is 0 Å². The summed E-state index contributed by atoms with van der Waals surface area (Å²) in [4.78, 5) is 2.16. The molecule has 2 aromatic carbocycles. The summed E-state index contributed by atoms with van der Waals surface area (Å²) in [7, 11) is 4.14. The Morgan fingerprint density at radius 2 is 1.77 bits per heavy atom. The molecule has 3 nitrogen and oxygen atoms in total. The summed E-state index contributed by atoms with van der Waals surface area (Å²) in [6, 6.07) is 16.4. The van der Waals surface area contributed by atoms with Crippen LogP contribution < -0.4 is 9.47 Å². The van der Waals surface area contributed by atoms with E-state index < -0.39 is 0 Å². The van der Waals surface area contributed by atoms with Crippen molar-refractivity contribution in [3.05, 3.63) is 59.7 Å². The van der Waals surface area contributed by atoms with Gasteiger partial charge in [0.15, 0.2) is 0 Å². The van der Waals surface area contributed by atoms with Crippen molar-refractivity contribution in [1.29, 1.82) is 0 Å². The fourth-order valence-electron chi connectivity index (χ4n) is 2.59. The van der Waals surface area contributed by atoms with Gasteiger partial charge in [-0.05, 0) is 62.7 Å². The number of terminal acetylenes is 1. The van der Waals surface area contributed by atoms with Crippen molar-refractivity contribution in [3.63, 3.8) is 0 Å². The smallest absolute Gasteiger partial charge is 0.148 e. The van der Waals surface area contributed by atoms with Crippen LogP contribution >= 0.6 is 12.4 Å². The van der Waals surface area contributed by atoms with Gasteiger partial charge in [0.2, 0.25) is 0 Å². The van der Waals surface area contributed by atoms with E-state index in [4.69, 9.17) is 15.9 Å². The third kappa shape index (κ3) is 7.82. The molecule has 0 unspecified atom stereocenters. The van der Waals surface area contributed by atoms with Gasteiger partial charge >= 0.3 is 0 Å². The zero-order valence-electron chi connectivity index (χ0n) is 15.6. The number of benzene rings is 2. The number of rotatable bonds is 10. The normalized spacial score (nSPS) is 10.1. The molecule has 0 saturated carbocycles. The second kappa shape index (κ2) is 12.2. The van der Waals surface area contributed by atoms with Crippen LogP contribution in [0.2, 0.25) is 0 Å². The van der Waals surface area contributed by atoms with E-state index in [1.807, 2.05) is 24.3 Å². The summed E-state index contributed by atoms with van der Waals surface area (Å²) in [6.45, 7) is 2.00. The highest BCUT2D eigenvalue weighted by atomic mass is 35.5. The van der Waals surface area contributed by atoms with E-state index in [0.29, 0.717) is 6.61 Å². The van der Waals surface area contributed by atoms with Gasteiger partial charge in [-0.25, -0.2) is 0 Å². The Hall–Kier alpha value is -2.15. The molecule has 0 aliphatic carbocycles. The average Bonchev–Trinajstić information content (AvgIpc) is 2.63. The second-order valence-electron chi connectivity index (χ2n) is 6.25. The first-order chi connectivity index (χ1) is 12.2. The van der Waals surface area contributed by atoms with Crippen LogP contribution in [0.5, 0.6) is 11.5 Å². The van der Waals surface area contributed by atoms with Crippen LogP contribution in [0.1, 0.15) is 17.5 Å². The summed E-state index contributed by atoms with van der Waals surface area (Å²) >= 11 is 0. The molecule has 0 saturated heterocycles. The lowest BCUT2D eigenvalue weighted by Crippen LogP contribution is -2.15. The van der Waals surface area contributed by atoms with E-state index in [1.54, 1.807) is 0 Å². The molecule has 0 radical (unpaired) electrons. The maximum atomic E-state index is 6.01. The molecule has 2 aromatic rings. The zero-order valence-corrected chi connectivity index (χ0v) is 16.4. The quantitative estimate of drug-likeness (QED) is 0.459. The van der Waals surface area contributed by atoms with Crippen LogP contribution in [0.4, 0.5) is 0 Å². The Bertz CT molecular complexity index is 680. The molecule has 0 atom stereocenters. The van der Waals surface area contributed by atoms with Crippen LogP contribution in [0.25, 0.3) is 0 Å². The third-order valence-corrected chi connectivity index (χ3v) is 3.89. The first-order valence-corrected chi connectivity index (χ1v) is 8.69. The Morgan fingerprint density at radius 3 is 2.46 bits per heavy atom. The van der Waals surface area contributed by atoms with Crippen molar-refractivity contribution in [2.75, 3.05) is 33.9 Å². The van der Waals surface area contributed by atoms with Gasteiger partial charge in [-0.15, -0.1) is 18.8 Å². The number of halogens is 1. The maximum Gasteiger partial charge on any atom is 0.148 e. The van der Waals surface area contributed by atoms with E-state index in [0.717, 1.165) is 42.9 Å². The van der Waals surface area contributed by atoms with Crippen LogP contribution in [0.15, 0.2) is 48.5 Å². The lowest BCUT2D eigenvalue weighted by molar-refractivity contribution is 0.278. The summed E-state index contributed by atoms with van der Waals surface area (Å²) in [5.74, 6) is 4.23. The molecule has 0 heterocycles. The fraction of sp³-hybridized carbons (Fsp3) is 0.364. The number of ether oxygens (including phenoxy) is 2. The third-order valence-electron chi connectivity index (χ3n) is 3.89. The number of nitrogens with zero attached hydrogens (tertiary/aromatic N) is 1. The summed E-state index contributed by atoms with van der Waals surface area (Å²) in [5.41, 5.74) is 2.47. The van der Waals surface area contributed by atoms with E-state index >= 15 is 0 Å². The van der Waals surface area contributed by atoms with Gasteiger partial charge in [0.1, 0.15) is 18.1 Å². The van der Waals surface area contributed by atoms with Crippen LogP contribution in [0, 0.1) is 12.3 Å². The van der Waals surface area contributed by atoms with Crippen molar-refractivity contribution in [3.8, 4) is 23.8 Å². The molecule has 0 amide bonds. The Kier molecular flexibility index (Phi) is 10.3. The maximum absolute atomic E-state index is 6.01. The molecule has 0 N–H and O–H groups in total. The molecule has 140 valence electrons. The SMILES string of the molecule is C#CCOc1ccc(OCCCN(C)C)c(CCc2ccccc2)c1.Cl. The summed E-state index contributed by atoms with van der Waals surface area (Å²) < 4.78 is 11.6. The molecule has 0 spiro atoms. The van der Waals surface area contributed by atoms with Gasteiger partial charge in [0, 0.05) is 6.54 Å². The molecular formula is C22H28ClNO2. The van der Waals surface area contributed by atoms with Crippen molar-refractivity contribution < 1.29 is 9.47 Å². The van der Waals surface area contributed by atoms with Gasteiger partial charge in [-0.3, -0.25) is 0 Å². The minimum absolute atomic E-state index is 0. The van der Waals surface area contributed by atoms with Crippen molar-refractivity contribution in [2.24, 2.45) is 0 Å². The van der Waals surface area contributed by atoms with Crippen LogP contribution in [0.3, 0.4) is 0 Å². The van der Waals surface area contributed by atoms with Crippen molar-refractivity contribution in [1.82, 2.24) is 4.90 Å². The summed E-state index contributed by atoms with van der Waals surface area (Å²) in [5, 5.41) is 0. The molecule has 0 aliphatic rings. The Labute approximate surface area is 163 Å². The van der Waals surface area contributed by atoms with E-state index in [-0.39, 0.29) is 19.0 Å². The van der Waals surface area contributed by atoms with Gasteiger partial charge in [-0.1, -0.05) is 36.3 Å². The number of hydrogen-bond donors (Lipinski definition) is 0. The molecule has 0 aromatic heterocycles. The van der Waals surface area contributed by atoms with Gasteiger partial charge in [0.05, 0.1) is 6.61 Å². The fourth-order valence-corrected chi connectivity index (χ4v) is 2.59. The lowest BCUT2D eigenvalue weighted by Gasteiger charge is -2.15. The predicted octanol–water partition coefficient (Wildman–Crippen LogP) is 4.24. The molecule has 2 rings (SSSR count). The molecular weight excluding hydrogens is 346 g/mol. The minimum atomic E-state index is 0. The lowest BCUT2D eigenvalue weighted by atomic mass is 10.0. The molecule has 0 aliphatic heterocycles. The zero-order chi connectivity index (χ0) is 17.9. The summed E-state index contributed by atoms with van der Waals surface area (Å²) in [6.07, 6.45) is 8.15. The highest BCUT2D eigenvalue weighted by Crippen LogP contribution is 2.26. The van der Waals surface area contributed by atoms with Crippen molar-refractivity contribution >= 4 is 12.4 Å². The van der Waals surface area contributed by atoms with E-state index in [1.165, 1.54) is 5.56 Å². The first-order valence-electron chi connectivity index (χ1n) is 8.69. The van der Waals surface area contributed by atoms with Crippen molar-refractivity contribution in [2.45, 2.75) is 19.3 Å². The topological polar surface area (TPSA) is 21.7 Å². The van der Waals surface area contributed by atoms with Gasteiger partial charge < -0.3 is 14.4 Å². The standard InChI is InChI=1S/C22H27NO2.ClH/c1-4-16-24-21-13-14-22(25-17-8-15-23(2)3)20(18-21)12-11-19-9-6-5-7-10-19;/h1,5-7,9-10,13-14,18H,8,11-12,15-17H2,2-3H3;1H.